The molecule has 0 aromatic carbocycles. The van der Waals surface area contributed by atoms with Gasteiger partial charge in [-0.15, -0.1) is 0 Å². The number of nitrogens with two attached hydrogens (primary N) is 1. The van der Waals surface area contributed by atoms with E-state index in [1.54, 1.807) is 6.20 Å². The van der Waals surface area contributed by atoms with Crippen LogP contribution in [0.2, 0.25) is 0 Å². The molecular formula is C12H20N4O. The van der Waals surface area contributed by atoms with Gasteiger partial charge in [0.05, 0.1) is 17.4 Å². The zero-order valence-corrected chi connectivity index (χ0v) is 10.8. The number of nitrogens with one attached hydrogen (secondary N) is 1. The average Bonchev–Trinajstić information content (AvgIpc) is 2.29. The Labute approximate surface area is 102 Å². The van der Waals surface area contributed by atoms with E-state index < -0.39 is 5.54 Å². The molecule has 17 heavy (non-hydrogen) atoms. The predicted molar refractivity (Wildman–Crippen MR) is 66.5 cm³/mol. The van der Waals surface area contributed by atoms with Crippen molar-refractivity contribution in [3.8, 4) is 0 Å². The molecule has 1 unspecified atom stereocenters. The highest BCUT2D eigenvalue weighted by molar-refractivity contribution is 5.92. The van der Waals surface area contributed by atoms with Crippen molar-refractivity contribution in [2.24, 2.45) is 11.7 Å². The Kier molecular flexibility index (Phi) is 4.17. The number of aromatic nitrogens is 2. The molecule has 5 nitrogen and oxygen atoms in total. The minimum atomic E-state index is -0.427. The van der Waals surface area contributed by atoms with Crippen LogP contribution in [0.25, 0.3) is 0 Å². The molecular weight excluding hydrogens is 216 g/mol. The van der Waals surface area contributed by atoms with Crippen molar-refractivity contribution >= 4 is 5.91 Å². The molecule has 94 valence electrons. The third-order valence-electron chi connectivity index (χ3n) is 3.11. The normalized spacial score (nSPS) is 14.5. The Balaban J connectivity index is 2.81. The Bertz CT molecular complexity index is 388. The van der Waals surface area contributed by atoms with E-state index in [4.69, 9.17) is 5.73 Å². The summed E-state index contributed by atoms with van der Waals surface area (Å²) >= 11 is 0. The van der Waals surface area contributed by atoms with Crippen LogP contribution >= 0.6 is 0 Å². The first-order valence-corrected chi connectivity index (χ1v) is 5.70. The van der Waals surface area contributed by atoms with Crippen LogP contribution in [0.1, 0.15) is 37.0 Å². The minimum Gasteiger partial charge on any atom is -0.344 e. The van der Waals surface area contributed by atoms with Gasteiger partial charge in [-0.05, 0) is 19.8 Å². The molecule has 0 aliphatic heterocycles. The highest BCUT2D eigenvalue weighted by atomic mass is 16.2. The summed E-state index contributed by atoms with van der Waals surface area (Å²) in [5, 5.41) is 2.91. The number of nitrogens with zero attached hydrogens (tertiary/aromatic N) is 2. The zero-order chi connectivity index (χ0) is 13.1. The average molecular weight is 236 g/mol. The van der Waals surface area contributed by atoms with Gasteiger partial charge >= 0.3 is 0 Å². The van der Waals surface area contributed by atoms with Crippen molar-refractivity contribution in [1.29, 1.82) is 0 Å². The van der Waals surface area contributed by atoms with Crippen LogP contribution in [0.4, 0.5) is 0 Å². The molecule has 1 aromatic rings. The number of hydrogen-bond donors (Lipinski definition) is 2. The SMILES string of the molecule is Cc1cnc(C(=O)NC(C)(CN)C(C)C)cn1. The van der Waals surface area contributed by atoms with Crippen LogP contribution in [0.3, 0.4) is 0 Å². The van der Waals surface area contributed by atoms with E-state index in [-0.39, 0.29) is 11.8 Å². The lowest BCUT2D eigenvalue weighted by molar-refractivity contribution is 0.0877. The van der Waals surface area contributed by atoms with Gasteiger partial charge in [-0.1, -0.05) is 13.8 Å². The Morgan fingerprint density at radius 3 is 2.53 bits per heavy atom. The summed E-state index contributed by atoms with van der Waals surface area (Å²) in [6, 6.07) is 0. The van der Waals surface area contributed by atoms with E-state index in [1.165, 1.54) is 6.20 Å². The summed E-state index contributed by atoms with van der Waals surface area (Å²) in [7, 11) is 0. The molecule has 5 heteroatoms. The molecule has 0 fully saturated rings. The number of carbonyl (C=O) groups excluding carboxylic acids is 1. The van der Waals surface area contributed by atoms with Gasteiger partial charge in [-0.2, -0.15) is 0 Å². The maximum Gasteiger partial charge on any atom is 0.271 e. The monoisotopic (exact) mass is 236 g/mol. The number of hydrogen-bond acceptors (Lipinski definition) is 4. The number of carbonyl (C=O) groups is 1. The largest absolute Gasteiger partial charge is 0.344 e. The topological polar surface area (TPSA) is 80.9 Å². The second kappa shape index (κ2) is 5.23. The molecule has 0 aliphatic rings. The third kappa shape index (κ3) is 3.23. The molecule has 0 bridgehead atoms. The van der Waals surface area contributed by atoms with Crippen molar-refractivity contribution in [3.05, 3.63) is 23.8 Å². The molecule has 0 saturated carbocycles. The van der Waals surface area contributed by atoms with Crippen LogP contribution in [0, 0.1) is 12.8 Å². The van der Waals surface area contributed by atoms with Gasteiger partial charge < -0.3 is 11.1 Å². The molecule has 1 amide bonds. The van der Waals surface area contributed by atoms with E-state index in [0.717, 1.165) is 5.69 Å². The van der Waals surface area contributed by atoms with Crippen molar-refractivity contribution in [2.75, 3.05) is 6.54 Å². The lowest BCUT2D eigenvalue weighted by Gasteiger charge is -2.33. The summed E-state index contributed by atoms with van der Waals surface area (Å²) in [6.07, 6.45) is 3.05. The first-order valence-electron chi connectivity index (χ1n) is 5.70. The van der Waals surface area contributed by atoms with Crippen molar-refractivity contribution in [3.63, 3.8) is 0 Å². The van der Waals surface area contributed by atoms with Gasteiger partial charge in [-0.25, -0.2) is 4.98 Å². The Hall–Kier alpha value is -1.49. The molecule has 0 radical (unpaired) electrons. The number of rotatable bonds is 4. The molecule has 0 spiro atoms. The second-order valence-electron chi connectivity index (χ2n) is 4.77. The number of amides is 1. The van der Waals surface area contributed by atoms with Crippen molar-refractivity contribution in [1.82, 2.24) is 15.3 Å². The van der Waals surface area contributed by atoms with Crippen LogP contribution in [-0.2, 0) is 0 Å². The maximum atomic E-state index is 12.0. The van der Waals surface area contributed by atoms with Crippen LogP contribution in [-0.4, -0.2) is 28.0 Å². The van der Waals surface area contributed by atoms with Gasteiger partial charge in [0.2, 0.25) is 0 Å². The van der Waals surface area contributed by atoms with Gasteiger partial charge in [0.25, 0.3) is 5.91 Å². The van der Waals surface area contributed by atoms with Gasteiger partial charge in [-0.3, -0.25) is 9.78 Å². The van der Waals surface area contributed by atoms with E-state index in [9.17, 15) is 4.79 Å². The lowest BCUT2D eigenvalue weighted by atomic mass is 9.88. The Morgan fingerprint density at radius 1 is 1.47 bits per heavy atom. The maximum absolute atomic E-state index is 12.0. The zero-order valence-electron chi connectivity index (χ0n) is 10.8. The van der Waals surface area contributed by atoms with Gasteiger partial charge in [0, 0.05) is 12.7 Å². The lowest BCUT2D eigenvalue weighted by Crippen LogP contribution is -2.55. The highest BCUT2D eigenvalue weighted by Gasteiger charge is 2.29. The molecule has 0 saturated heterocycles. The first kappa shape index (κ1) is 13.6. The minimum absolute atomic E-state index is 0.237. The van der Waals surface area contributed by atoms with Crippen LogP contribution in [0.15, 0.2) is 12.4 Å². The quantitative estimate of drug-likeness (QED) is 0.813. The summed E-state index contributed by atoms with van der Waals surface area (Å²) in [5.74, 6) is 0.00834. The number of aryl methyl sites for hydroxylation is 1. The van der Waals surface area contributed by atoms with E-state index in [0.29, 0.717) is 12.2 Å². The molecule has 1 atom stereocenters. The fourth-order valence-corrected chi connectivity index (χ4v) is 1.26. The Morgan fingerprint density at radius 2 is 2.12 bits per heavy atom. The molecule has 1 aromatic heterocycles. The predicted octanol–water partition coefficient (Wildman–Crippen LogP) is 0.888. The van der Waals surface area contributed by atoms with E-state index >= 15 is 0 Å². The molecule has 1 heterocycles. The third-order valence-corrected chi connectivity index (χ3v) is 3.11. The summed E-state index contributed by atoms with van der Waals surface area (Å²) in [5.41, 5.74) is 6.38. The van der Waals surface area contributed by atoms with Crippen molar-refractivity contribution in [2.45, 2.75) is 33.2 Å². The van der Waals surface area contributed by atoms with E-state index in [2.05, 4.69) is 15.3 Å². The van der Waals surface area contributed by atoms with E-state index in [1.807, 2.05) is 27.7 Å². The first-order chi connectivity index (χ1) is 7.89. The highest BCUT2D eigenvalue weighted by Crippen LogP contribution is 2.15. The van der Waals surface area contributed by atoms with Gasteiger partial charge in [0.15, 0.2) is 0 Å². The molecule has 0 aliphatic carbocycles. The smallest absolute Gasteiger partial charge is 0.271 e. The summed E-state index contributed by atoms with van der Waals surface area (Å²) in [6.45, 7) is 8.18. The van der Waals surface area contributed by atoms with Crippen LogP contribution < -0.4 is 11.1 Å². The molecule has 1 rings (SSSR count). The van der Waals surface area contributed by atoms with Gasteiger partial charge in [0.1, 0.15) is 5.69 Å². The van der Waals surface area contributed by atoms with Crippen LogP contribution in [0.5, 0.6) is 0 Å². The standard InChI is InChI=1S/C12H20N4O/c1-8(2)12(4,7-13)16-11(17)10-6-14-9(3)5-15-10/h5-6,8H,7,13H2,1-4H3,(H,16,17). The summed E-state index contributed by atoms with van der Waals surface area (Å²) in [4.78, 5) is 20.1. The fraction of sp³-hybridized carbons (Fsp3) is 0.583. The molecule has 3 N–H and O–H groups in total. The second-order valence-corrected chi connectivity index (χ2v) is 4.77. The summed E-state index contributed by atoms with van der Waals surface area (Å²) < 4.78 is 0. The van der Waals surface area contributed by atoms with Crippen molar-refractivity contribution < 1.29 is 4.79 Å². The fourth-order valence-electron chi connectivity index (χ4n) is 1.26.